The van der Waals surface area contributed by atoms with Crippen molar-refractivity contribution in [2.75, 3.05) is 0 Å². The van der Waals surface area contributed by atoms with E-state index in [1.165, 1.54) is 0 Å². The Morgan fingerprint density at radius 1 is 1.00 bits per heavy atom. The quantitative estimate of drug-likeness (QED) is 0.501. The summed E-state index contributed by atoms with van der Waals surface area (Å²) in [6, 6.07) is 13.6. The van der Waals surface area contributed by atoms with Gasteiger partial charge in [-0.2, -0.15) is 0 Å². The molecule has 6 heteroatoms. The van der Waals surface area contributed by atoms with E-state index in [-0.39, 0.29) is 5.78 Å². The molecule has 5 rings (SSSR count). The number of fused-ring (bicyclic) bond motifs is 2. The zero-order valence-corrected chi connectivity index (χ0v) is 14.3. The van der Waals surface area contributed by atoms with Gasteiger partial charge in [-0.15, -0.1) is 0 Å². The Labute approximate surface area is 154 Å². The van der Waals surface area contributed by atoms with Gasteiger partial charge < -0.3 is 9.55 Å². The second kappa shape index (κ2) is 6.17. The van der Waals surface area contributed by atoms with Crippen LogP contribution in [0.25, 0.3) is 21.9 Å². The molecule has 4 aromatic heterocycles. The Kier molecular flexibility index (Phi) is 3.53. The topological polar surface area (TPSA) is 76.5 Å². The van der Waals surface area contributed by atoms with Crippen molar-refractivity contribution in [3.63, 3.8) is 0 Å². The number of carbonyl (C=O) groups excluding carboxylic acids is 1. The Balaban J connectivity index is 1.61. The molecular formula is C21H15N5O. The van der Waals surface area contributed by atoms with Gasteiger partial charge in [0.05, 0.1) is 22.8 Å². The average Bonchev–Trinajstić information content (AvgIpc) is 3.30. The molecule has 6 nitrogen and oxygen atoms in total. The lowest BCUT2D eigenvalue weighted by Gasteiger charge is -2.04. The number of imidazole rings is 1. The first-order valence-electron chi connectivity index (χ1n) is 8.61. The number of para-hydroxylation sites is 1. The number of aromatic amines is 1. The minimum atomic E-state index is -0.129. The third kappa shape index (κ3) is 2.67. The average molecular weight is 353 g/mol. The fraction of sp³-hybridized carbons (Fsp3) is 0.0476. The summed E-state index contributed by atoms with van der Waals surface area (Å²) in [5, 5.41) is 0.912. The van der Waals surface area contributed by atoms with Crippen LogP contribution in [0.4, 0.5) is 0 Å². The van der Waals surface area contributed by atoms with E-state index in [2.05, 4.69) is 24.5 Å². The van der Waals surface area contributed by atoms with Crippen LogP contribution < -0.4 is 0 Å². The van der Waals surface area contributed by atoms with E-state index < -0.39 is 0 Å². The van der Waals surface area contributed by atoms with Gasteiger partial charge in [-0.1, -0.05) is 18.2 Å². The summed E-state index contributed by atoms with van der Waals surface area (Å²) in [6.07, 6.45) is 8.79. The summed E-state index contributed by atoms with van der Waals surface area (Å²) in [7, 11) is 0. The summed E-state index contributed by atoms with van der Waals surface area (Å²) in [6.45, 7) is 0.667. The molecule has 0 bridgehead atoms. The number of nitrogens with zero attached hydrogens (tertiary/aromatic N) is 4. The summed E-state index contributed by atoms with van der Waals surface area (Å²) in [5.41, 5.74) is 4.25. The number of hydrogen-bond acceptors (Lipinski definition) is 4. The van der Waals surface area contributed by atoms with Crippen molar-refractivity contribution in [1.29, 1.82) is 0 Å². The van der Waals surface area contributed by atoms with Gasteiger partial charge in [-0.3, -0.25) is 14.8 Å². The molecular weight excluding hydrogens is 338 g/mol. The number of ketones is 1. The van der Waals surface area contributed by atoms with Gasteiger partial charge in [0, 0.05) is 42.2 Å². The summed E-state index contributed by atoms with van der Waals surface area (Å²) < 4.78 is 2.09. The van der Waals surface area contributed by atoms with Crippen molar-refractivity contribution >= 4 is 27.7 Å². The Bertz CT molecular complexity index is 1240. The molecule has 0 fully saturated rings. The zero-order chi connectivity index (χ0) is 18.2. The normalized spacial score (nSPS) is 11.3. The standard InChI is InChI=1S/C21H15N5O/c27-20(21-24-17-7-10-23-11-18(17)25-21)16-13-26(12-14-5-8-22-9-6-14)19-4-2-1-3-15(16)19/h1-11,13H,12H2,(H,24,25). The molecule has 27 heavy (non-hydrogen) atoms. The van der Waals surface area contributed by atoms with Crippen LogP contribution in [-0.4, -0.2) is 30.3 Å². The fourth-order valence-corrected chi connectivity index (χ4v) is 3.34. The van der Waals surface area contributed by atoms with E-state index >= 15 is 0 Å². The van der Waals surface area contributed by atoms with Crippen LogP contribution in [0.15, 0.2) is 73.4 Å². The summed E-state index contributed by atoms with van der Waals surface area (Å²) >= 11 is 0. The number of aromatic nitrogens is 5. The van der Waals surface area contributed by atoms with Crippen molar-refractivity contribution < 1.29 is 4.79 Å². The molecule has 0 aliphatic rings. The number of nitrogens with one attached hydrogen (secondary N) is 1. The minimum absolute atomic E-state index is 0.129. The number of rotatable bonds is 4. The Morgan fingerprint density at radius 2 is 1.81 bits per heavy atom. The maximum absolute atomic E-state index is 13.2. The van der Waals surface area contributed by atoms with Gasteiger partial charge in [0.25, 0.3) is 0 Å². The molecule has 0 aliphatic heterocycles. The van der Waals surface area contributed by atoms with Crippen LogP contribution in [0.2, 0.25) is 0 Å². The van der Waals surface area contributed by atoms with Crippen LogP contribution in [0, 0.1) is 0 Å². The summed E-state index contributed by atoms with van der Waals surface area (Å²) in [5.74, 6) is 0.195. The molecule has 1 N–H and O–H groups in total. The van der Waals surface area contributed by atoms with Crippen molar-refractivity contribution in [3.8, 4) is 0 Å². The SMILES string of the molecule is O=C(c1nc2ccncc2[nH]1)c1cn(Cc2ccncc2)c2ccccc12. The molecule has 0 unspecified atom stereocenters. The van der Waals surface area contributed by atoms with Gasteiger partial charge in [-0.25, -0.2) is 4.98 Å². The number of pyridine rings is 2. The third-order valence-corrected chi connectivity index (χ3v) is 4.63. The van der Waals surface area contributed by atoms with Crippen LogP contribution in [0.3, 0.4) is 0 Å². The molecule has 0 saturated heterocycles. The lowest BCUT2D eigenvalue weighted by molar-refractivity contribution is 0.103. The van der Waals surface area contributed by atoms with Crippen LogP contribution in [-0.2, 0) is 6.54 Å². The van der Waals surface area contributed by atoms with E-state index in [1.54, 1.807) is 30.9 Å². The molecule has 0 atom stereocenters. The third-order valence-electron chi connectivity index (χ3n) is 4.63. The van der Waals surface area contributed by atoms with Gasteiger partial charge in [0.1, 0.15) is 0 Å². The van der Waals surface area contributed by atoms with Crippen molar-refractivity contribution in [2.45, 2.75) is 6.54 Å². The van der Waals surface area contributed by atoms with Crippen LogP contribution in [0.1, 0.15) is 21.7 Å². The monoisotopic (exact) mass is 353 g/mol. The molecule has 0 saturated carbocycles. The van der Waals surface area contributed by atoms with E-state index in [4.69, 9.17) is 0 Å². The largest absolute Gasteiger partial charge is 0.342 e. The molecule has 0 amide bonds. The van der Waals surface area contributed by atoms with Gasteiger partial charge in [0.2, 0.25) is 5.78 Å². The lowest BCUT2D eigenvalue weighted by Crippen LogP contribution is -2.03. The van der Waals surface area contributed by atoms with Crippen molar-refractivity contribution in [1.82, 2.24) is 24.5 Å². The highest BCUT2D eigenvalue weighted by molar-refractivity contribution is 6.15. The molecule has 0 radical (unpaired) electrons. The highest BCUT2D eigenvalue weighted by Crippen LogP contribution is 2.25. The second-order valence-corrected chi connectivity index (χ2v) is 6.35. The number of benzene rings is 1. The van der Waals surface area contributed by atoms with E-state index in [0.717, 1.165) is 27.5 Å². The molecule has 1 aromatic carbocycles. The number of carbonyl (C=O) groups is 1. The first-order valence-corrected chi connectivity index (χ1v) is 8.61. The number of H-pyrrole nitrogens is 1. The molecule has 130 valence electrons. The van der Waals surface area contributed by atoms with Gasteiger partial charge in [0.15, 0.2) is 5.82 Å². The first-order chi connectivity index (χ1) is 13.3. The Morgan fingerprint density at radius 3 is 2.67 bits per heavy atom. The highest BCUT2D eigenvalue weighted by Gasteiger charge is 2.19. The van der Waals surface area contributed by atoms with Gasteiger partial charge in [-0.05, 0) is 29.8 Å². The molecule has 4 heterocycles. The lowest BCUT2D eigenvalue weighted by atomic mass is 10.1. The highest BCUT2D eigenvalue weighted by atomic mass is 16.1. The van der Waals surface area contributed by atoms with Gasteiger partial charge >= 0.3 is 0 Å². The Hall–Kier alpha value is -3.80. The van der Waals surface area contributed by atoms with E-state index in [1.807, 2.05) is 42.6 Å². The second-order valence-electron chi connectivity index (χ2n) is 6.35. The van der Waals surface area contributed by atoms with Crippen molar-refractivity contribution in [2.24, 2.45) is 0 Å². The van der Waals surface area contributed by atoms with E-state index in [9.17, 15) is 4.79 Å². The zero-order valence-electron chi connectivity index (χ0n) is 14.3. The van der Waals surface area contributed by atoms with Crippen molar-refractivity contribution in [3.05, 3.63) is 90.4 Å². The predicted octanol–water partition coefficient (Wildman–Crippen LogP) is 3.59. The fourth-order valence-electron chi connectivity index (χ4n) is 3.34. The predicted molar refractivity (Wildman–Crippen MR) is 103 cm³/mol. The first kappa shape index (κ1) is 15.5. The maximum atomic E-state index is 13.2. The molecule has 5 aromatic rings. The number of hydrogen-bond donors (Lipinski definition) is 1. The van der Waals surface area contributed by atoms with Crippen LogP contribution >= 0.6 is 0 Å². The molecule has 0 aliphatic carbocycles. The smallest absolute Gasteiger partial charge is 0.230 e. The van der Waals surface area contributed by atoms with Crippen LogP contribution in [0.5, 0.6) is 0 Å². The maximum Gasteiger partial charge on any atom is 0.230 e. The van der Waals surface area contributed by atoms with E-state index in [0.29, 0.717) is 17.9 Å². The molecule has 0 spiro atoms. The summed E-state index contributed by atoms with van der Waals surface area (Å²) in [4.78, 5) is 28.8. The minimum Gasteiger partial charge on any atom is -0.342 e.